The van der Waals surface area contributed by atoms with E-state index >= 15 is 0 Å². The average molecular weight is 238 g/mol. The fourth-order valence-corrected chi connectivity index (χ4v) is 1.87. The van der Waals surface area contributed by atoms with Crippen molar-refractivity contribution < 1.29 is 19.7 Å². The third kappa shape index (κ3) is 3.26. The van der Waals surface area contributed by atoms with Crippen LogP contribution in [0.3, 0.4) is 0 Å². The van der Waals surface area contributed by atoms with Gasteiger partial charge >= 0.3 is 0 Å². The van der Waals surface area contributed by atoms with Crippen LogP contribution in [0.2, 0.25) is 0 Å². The molecule has 4 nitrogen and oxygen atoms in total. The van der Waals surface area contributed by atoms with Crippen molar-refractivity contribution in [2.75, 3.05) is 0 Å². The maximum absolute atomic E-state index is 9.68. The fraction of sp³-hybridized carbons (Fsp3) is 0.538. The molecule has 0 saturated carbocycles. The van der Waals surface area contributed by atoms with E-state index in [9.17, 15) is 10.2 Å². The van der Waals surface area contributed by atoms with Crippen LogP contribution in [0.5, 0.6) is 0 Å². The molecule has 4 atom stereocenters. The molecule has 0 amide bonds. The van der Waals surface area contributed by atoms with Crippen molar-refractivity contribution in [3.63, 3.8) is 0 Å². The van der Waals surface area contributed by atoms with Gasteiger partial charge in [-0.2, -0.15) is 0 Å². The molecule has 1 heterocycles. The minimum absolute atomic E-state index is 0.346. The minimum Gasteiger partial charge on any atom is -0.390 e. The van der Waals surface area contributed by atoms with Gasteiger partial charge < -0.3 is 19.7 Å². The second-order valence-electron chi connectivity index (χ2n) is 4.37. The molecule has 0 aliphatic carbocycles. The van der Waals surface area contributed by atoms with Crippen molar-refractivity contribution in [1.29, 1.82) is 0 Å². The van der Waals surface area contributed by atoms with E-state index in [1.54, 1.807) is 6.92 Å². The summed E-state index contributed by atoms with van der Waals surface area (Å²) in [6.45, 7) is 2.15. The Labute approximate surface area is 101 Å². The largest absolute Gasteiger partial charge is 0.390 e. The molecule has 0 aromatic heterocycles. The molecular weight excluding hydrogens is 220 g/mol. The maximum atomic E-state index is 9.68. The van der Waals surface area contributed by atoms with Crippen molar-refractivity contribution in [3.05, 3.63) is 35.9 Å². The number of rotatable bonds is 3. The van der Waals surface area contributed by atoms with Gasteiger partial charge in [-0.1, -0.05) is 30.3 Å². The minimum atomic E-state index is -0.961. The summed E-state index contributed by atoms with van der Waals surface area (Å²) in [5.74, 6) is 0. The SMILES string of the molecule is C[C@H]1O[C@H](O)[C@H](OCc2ccccc2)C[C@H]1O. The van der Waals surface area contributed by atoms with Crippen LogP contribution in [-0.2, 0) is 16.1 Å². The highest BCUT2D eigenvalue weighted by Gasteiger charge is 2.34. The van der Waals surface area contributed by atoms with Gasteiger partial charge in [-0.25, -0.2) is 0 Å². The number of aliphatic hydroxyl groups excluding tert-OH is 2. The average Bonchev–Trinajstić information content (AvgIpc) is 2.33. The number of hydrogen-bond donors (Lipinski definition) is 2. The number of hydrogen-bond acceptors (Lipinski definition) is 4. The van der Waals surface area contributed by atoms with Gasteiger partial charge in [0.1, 0.15) is 6.10 Å². The lowest BCUT2D eigenvalue weighted by Crippen LogP contribution is -2.46. The van der Waals surface area contributed by atoms with E-state index in [4.69, 9.17) is 9.47 Å². The Morgan fingerprint density at radius 3 is 2.71 bits per heavy atom. The molecule has 1 aliphatic rings. The lowest BCUT2D eigenvalue weighted by molar-refractivity contribution is -0.254. The zero-order chi connectivity index (χ0) is 12.3. The highest BCUT2D eigenvalue weighted by atomic mass is 16.6. The first-order chi connectivity index (χ1) is 8.16. The molecule has 0 bridgehead atoms. The molecule has 0 unspecified atom stereocenters. The maximum Gasteiger partial charge on any atom is 0.181 e. The summed E-state index contributed by atoms with van der Waals surface area (Å²) in [5.41, 5.74) is 1.04. The molecule has 1 aliphatic heterocycles. The Bertz CT molecular complexity index is 341. The van der Waals surface area contributed by atoms with Crippen LogP contribution >= 0.6 is 0 Å². The molecule has 0 spiro atoms. The molecule has 2 N–H and O–H groups in total. The first-order valence-corrected chi connectivity index (χ1v) is 5.84. The van der Waals surface area contributed by atoms with E-state index in [0.717, 1.165) is 5.56 Å². The molecule has 0 radical (unpaired) electrons. The standard InChI is InChI=1S/C13H18O4/c1-9-11(14)7-12(13(15)17-9)16-8-10-5-3-2-4-6-10/h2-6,9,11-15H,7-8H2,1H3/t9-,11-,12-,13+/m1/s1. The molecule has 1 aromatic rings. The molecule has 1 fully saturated rings. The normalized spacial score (nSPS) is 33.6. The number of benzene rings is 1. The van der Waals surface area contributed by atoms with Gasteiger partial charge in [0.15, 0.2) is 6.29 Å². The van der Waals surface area contributed by atoms with Gasteiger partial charge in [-0.05, 0) is 12.5 Å². The second kappa shape index (κ2) is 5.60. The summed E-state index contributed by atoms with van der Waals surface area (Å²) >= 11 is 0. The van der Waals surface area contributed by atoms with Crippen molar-refractivity contribution >= 4 is 0 Å². The molecule has 1 aromatic carbocycles. The van der Waals surface area contributed by atoms with Gasteiger partial charge in [-0.15, -0.1) is 0 Å². The van der Waals surface area contributed by atoms with Crippen LogP contribution in [0.4, 0.5) is 0 Å². The van der Waals surface area contributed by atoms with Crippen LogP contribution in [0.1, 0.15) is 18.9 Å². The van der Waals surface area contributed by atoms with Crippen molar-refractivity contribution in [3.8, 4) is 0 Å². The summed E-state index contributed by atoms with van der Waals surface area (Å²) in [7, 11) is 0. The predicted molar refractivity (Wildman–Crippen MR) is 62.2 cm³/mol. The van der Waals surface area contributed by atoms with E-state index in [1.165, 1.54) is 0 Å². The smallest absolute Gasteiger partial charge is 0.181 e. The zero-order valence-electron chi connectivity index (χ0n) is 9.82. The van der Waals surface area contributed by atoms with Crippen molar-refractivity contribution in [2.45, 2.75) is 44.6 Å². The van der Waals surface area contributed by atoms with E-state index in [0.29, 0.717) is 13.0 Å². The van der Waals surface area contributed by atoms with Crippen LogP contribution in [0.25, 0.3) is 0 Å². The van der Waals surface area contributed by atoms with Crippen molar-refractivity contribution in [2.24, 2.45) is 0 Å². The predicted octanol–water partition coefficient (Wildman–Crippen LogP) is 1.06. The molecule has 17 heavy (non-hydrogen) atoms. The Balaban J connectivity index is 1.87. The zero-order valence-corrected chi connectivity index (χ0v) is 9.82. The van der Waals surface area contributed by atoms with Crippen LogP contribution < -0.4 is 0 Å². The fourth-order valence-electron chi connectivity index (χ4n) is 1.87. The molecule has 1 saturated heterocycles. The van der Waals surface area contributed by atoms with Gasteiger partial charge in [0, 0.05) is 6.42 Å². The highest BCUT2D eigenvalue weighted by molar-refractivity contribution is 5.13. The third-order valence-corrected chi connectivity index (χ3v) is 2.99. The van der Waals surface area contributed by atoms with Gasteiger partial charge in [-0.3, -0.25) is 0 Å². The lowest BCUT2D eigenvalue weighted by Gasteiger charge is -2.35. The van der Waals surface area contributed by atoms with E-state index in [1.807, 2.05) is 30.3 Å². The van der Waals surface area contributed by atoms with E-state index < -0.39 is 18.5 Å². The second-order valence-corrected chi connectivity index (χ2v) is 4.37. The monoisotopic (exact) mass is 238 g/mol. The van der Waals surface area contributed by atoms with Crippen LogP contribution in [-0.4, -0.2) is 34.8 Å². The number of ether oxygens (including phenoxy) is 2. The number of aliphatic hydroxyl groups is 2. The first-order valence-electron chi connectivity index (χ1n) is 5.84. The summed E-state index contributed by atoms with van der Waals surface area (Å²) < 4.78 is 10.7. The van der Waals surface area contributed by atoms with E-state index in [-0.39, 0.29) is 6.10 Å². The highest BCUT2D eigenvalue weighted by Crippen LogP contribution is 2.22. The molecule has 2 rings (SSSR count). The van der Waals surface area contributed by atoms with Crippen LogP contribution in [0, 0.1) is 0 Å². The summed E-state index contributed by atoms with van der Waals surface area (Å²) in [6.07, 6.45) is -1.96. The van der Waals surface area contributed by atoms with E-state index in [2.05, 4.69) is 0 Å². The third-order valence-electron chi connectivity index (χ3n) is 2.99. The van der Waals surface area contributed by atoms with Gasteiger partial charge in [0.05, 0.1) is 18.8 Å². The van der Waals surface area contributed by atoms with Crippen LogP contribution in [0.15, 0.2) is 30.3 Å². The Morgan fingerprint density at radius 2 is 2.00 bits per heavy atom. The summed E-state index contributed by atoms with van der Waals surface area (Å²) in [4.78, 5) is 0. The van der Waals surface area contributed by atoms with Gasteiger partial charge in [0.2, 0.25) is 0 Å². The van der Waals surface area contributed by atoms with Crippen molar-refractivity contribution in [1.82, 2.24) is 0 Å². The summed E-state index contributed by atoms with van der Waals surface area (Å²) in [5, 5.41) is 19.3. The first kappa shape index (κ1) is 12.5. The Hall–Kier alpha value is -0.940. The lowest BCUT2D eigenvalue weighted by atomic mass is 10.0. The Morgan fingerprint density at radius 1 is 1.29 bits per heavy atom. The molecule has 94 valence electrons. The summed E-state index contributed by atoms with van der Waals surface area (Å²) in [6, 6.07) is 9.71. The molecule has 4 heteroatoms. The van der Waals surface area contributed by atoms with Gasteiger partial charge in [0.25, 0.3) is 0 Å². The quantitative estimate of drug-likeness (QED) is 0.826. The molecular formula is C13H18O4. The Kier molecular flexibility index (Phi) is 4.12. The topological polar surface area (TPSA) is 58.9 Å².